The molecule has 1 heterocycles. The molecule has 2 amide bonds. The fourth-order valence-electron chi connectivity index (χ4n) is 4.10. The zero-order valence-electron chi connectivity index (χ0n) is 14.9. The third kappa shape index (κ3) is 3.43. The van der Waals surface area contributed by atoms with Crippen molar-refractivity contribution in [1.82, 2.24) is 20.2 Å². The number of urea groups is 1. The van der Waals surface area contributed by atoms with Crippen LogP contribution in [0, 0.1) is 12.3 Å². The zero-order chi connectivity index (χ0) is 17.0. The van der Waals surface area contributed by atoms with E-state index in [0.717, 1.165) is 38.2 Å². The minimum atomic E-state index is -0.0277. The van der Waals surface area contributed by atoms with Gasteiger partial charge >= 0.3 is 6.03 Å². The Balaban J connectivity index is 1.31. The van der Waals surface area contributed by atoms with E-state index in [1.807, 2.05) is 26.2 Å². The minimum absolute atomic E-state index is 0.0277. The number of aryl methyl sites for hydroxylation is 2. The van der Waals surface area contributed by atoms with E-state index in [1.165, 1.54) is 19.3 Å². The molecule has 2 atom stereocenters. The topological polar surface area (TPSA) is 68.2 Å². The smallest absolute Gasteiger partial charge is 0.315 e. The van der Waals surface area contributed by atoms with Crippen molar-refractivity contribution in [1.29, 1.82) is 0 Å². The molecule has 0 unspecified atom stereocenters. The van der Waals surface area contributed by atoms with Gasteiger partial charge in [-0.1, -0.05) is 6.42 Å². The van der Waals surface area contributed by atoms with Gasteiger partial charge in [0.25, 0.3) is 0 Å². The number of imidazole rings is 1. The number of amides is 2. The maximum Gasteiger partial charge on any atom is 0.315 e. The third-order valence-corrected chi connectivity index (χ3v) is 5.78. The molecule has 24 heavy (non-hydrogen) atoms. The Morgan fingerprint density at radius 1 is 1.46 bits per heavy atom. The summed E-state index contributed by atoms with van der Waals surface area (Å²) in [5.41, 5.74) is 0.228. The highest BCUT2D eigenvalue weighted by atomic mass is 16.5. The Labute approximate surface area is 144 Å². The van der Waals surface area contributed by atoms with Crippen molar-refractivity contribution in [3.8, 4) is 0 Å². The normalized spacial score (nSPS) is 24.2. The van der Waals surface area contributed by atoms with E-state index < -0.39 is 0 Å². The largest absolute Gasteiger partial charge is 0.378 e. The van der Waals surface area contributed by atoms with Crippen LogP contribution in [-0.2, 0) is 11.3 Å². The van der Waals surface area contributed by atoms with E-state index in [2.05, 4.69) is 20.2 Å². The predicted molar refractivity (Wildman–Crippen MR) is 92.8 cm³/mol. The second kappa shape index (κ2) is 7.55. The molecule has 2 N–H and O–H groups in total. The van der Waals surface area contributed by atoms with E-state index in [4.69, 9.17) is 4.74 Å². The van der Waals surface area contributed by atoms with Crippen LogP contribution < -0.4 is 10.6 Å². The van der Waals surface area contributed by atoms with Crippen LogP contribution in [0.1, 0.15) is 51.3 Å². The maximum absolute atomic E-state index is 12.1. The molecule has 0 aliphatic heterocycles. The van der Waals surface area contributed by atoms with Gasteiger partial charge in [-0.25, -0.2) is 9.78 Å². The molecule has 0 saturated heterocycles. The van der Waals surface area contributed by atoms with Crippen molar-refractivity contribution in [2.45, 2.75) is 71.1 Å². The summed E-state index contributed by atoms with van der Waals surface area (Å²) in [6, 6.07) is 0.261. The minimum Gasteiger partial charge on any atom is -0.378 e. The summed E-state index contributed by atoms with van der Waals surface area (Å²) >= 11 is 0. The number of nitrogens with one attached hydrogen (secondary N) is 2. The fraction of sp³-hybridized carbons (Fsp3) is 0.778. The molecule has 2 saturated carbocycles. The zero-order valence-corrected chi connectivity index (χ0v) is 14.9. The van der Waals surface area contributed by atoms with Gasteiger partial charge in [0, 0.05) is 43.5 Å². The van der Waals surface area contributed by atoms with Gasteiger partial charge in [-0.15, -0.1) is 0 Å². The number of hydrogen-bond acceptors (Lipinski definition) is 3. The molecule has 1 spiro atoms. The van der Waals surface area contributed by atoms with E-state index >= 15 is 0 Å². The van der Waals surface area contributed by atoms with Gasteiger partial charge in [0.15, 0.2) is 0 Å². The molecule has 1 aromatic heterocycles. The molecular formula is C18H30N4O2. The standard InChI is InChI=1S/C18H30N4O2/c1-3-24-16-13-15(18(16)7-6-8-18)21-17(23)20-9-4-5-11-22-12-10-19-14(22)2/h10,12,15-16H,3-9,11,13H2,1-2H3,(H2,20,21,23)/t15-,16-/m1/s1. The number of unbranched alkanes of at least 4 members (excludes halogenated alkanes) is 1. The number of rotatable bonds is 8. The molecule has 0 bridgehead atoms. The van der Waals surface area contributed by atoms with Crippen LogP contribution in [0.25, 0.3) is 0 Å². The predicted octanol–water partition coefficient (Wildman–Crippen LogP) is 2.62. The summed E-state index contributed by atoms with van der Waals surface area (Å²) < 4.78 is 7.97. The van der Waals surface area contributed by atoms with Crippen LogP contribution in [0.2, 0.25) is 0 Å². The van der Waals surface area contributed by atoms with E-state index in [9.17, 15) is 4.79 Å². The number of carbonyl (C=O) groups excluding carboxylic acids is 1. The van der Waals surface area contributed by atoms with E-state index in [1.54, 1.807) is 0 Å². The third-order valence-electron chi connectivity index (χ3n) is 5.78. The van der Waals surface area contributed by atoms with Gasteiger partial charge in [0.05, 0.1) is 6.10 Å². The molecule has 134 valence electrons. The number of aromatic nitrogens is 2. The lowest BCUT2D eigenvalue weighted by molar-refractivity contribution is -0.169. The highest BCUT2D eigenvalue weighted by Gasteiger charge is 2.59. The SMILES string of the molecule is CCO[C@@H]1C[C@@H](NC(=O)NCCCCn2ccnc2C)C12CCC2. The van der Waals surface area contributed by atoms with Crippen LogP contribution in [0.5, 0.6) is 0 Å². The van der Waals surface area contributed by atoms with Crippen LogP contribution in [0.3, 0.4) is 0 Å². The Bertz CT molecular complexity index is 553. The highest BCUT2D eigenvalue weighted by molar-refractivity contribution is 5.74. The van der Waals surface area contributed by atoms with Gasteiger partial charge < -0.3 is 19.9 Å². The molecule has 6 nitrogen and oxygen atoms in total. The fourth-order valence-corrected chi connectivity index (χ4v) is 4.10. The van der Waals surface area contributed by atoms with Crippen molar-refractivity contribution in [2.75, 3.05) is 13.2 Å². The molecular weight excluding hydrogens is 304 g/mol. The summed E-state index contributed by atoms with van der Waals surface area (Å²) in [5, 5.41) is 6.16. The maximum atomic E-state index is 12.1. The molecule has 3 rings (SSSR count). The lowest BCUT2D eigenvalue weighted by Gasteiger charge is -2.60. The first kappa shape index (κ1) is 17.3. The summed E-state index contributed by atoms with van der Waals surface area (Å²) in [7, 11) is 0. The van der Waals surface area contributed by atoms with Crippen molar-refractivity contribution >= 4 is 6.03 Å². The van der Waals surface area contributed by atoms with E-state index in [-0.39, 0.29) is 17.5 Å². The molecule has 6 heteroatoms. The Hall–Kier alpha value is -1.56. The molecule has 2 aliphatic rings. The Kier molecular flexibility index (Phi) is 5.43. The van der Waals surface area contributed by atoms with Gasteiger partial charge in [0.2, 0.25) is 0 Å². The van der Waals surface area contributed by atoms with Crippen LogP contribution in [-0.4, -0.2) is 40.9 Å². The first-order valence-electron chi connectivity index (χ1n) is 9.29. The number of ether oxygens (including phenoxy) is 1. The first-order chi connectivity index (χ1) is 11.7. The monoisotopic (exact) mass is 334 g/mol. The number of hydrogen-bond donors (Lipinski definition) is 2. The highest BCUT2D eigenvalue weighted by Crippen LogP contribution is 2.57. The Morgan fingerprint density at radius 2 is 2.29 bits per heavy atom. The molecule has 0 radical (unpaired) electrons. The summed E-state index contributed by atoms with van der Waals surface area (Å²) in [5.74, 6) is 1.04. The summed E-state index contributed by atoms with van der Waals surface area (Å²) in [6.07, 6.45) is 10.8. The average Bonchev–Trinajstić information content (AvgIpc) is 2.89. The van der Waals surface area contributed by atoms with Crippen molar-refractivity contribution in [2.24, 2.45) is 5.41 Å². The average molecular weight is 334 g/mol. The second-order valence-electron chi connectivity index (χ2n) is 7.09. The molecule has 1 aromatic rings. The van der Waals surface area contributed by atoms with Gasteiger partial charge in [-0.2, -0.15) is 0 Å². The molecule has 2 fully saturated rings. The number of carbonyl (C=O) groups is 1. The lowest BCUT2D eigenvalue weighted by atomic mass is 9.51. The van der Waals surface area contributed by atoms with Gasteiger partial charge in [0.1, 0.15) is 5.82 Å². The van der Waals surface area contributed by atoms with Gasteiger partial charge in [-0.3, -0.25) is 0 Å². The molecule has 2 aliphatic carbocycles. The number of nitrogens with zero attached hydrogens (tertiary/aromatic N) is 2. The van der Waals surface area contributed by atoms with Gasteiger partial charge in [-0.05, 0) is 46.0 Å². The van der Waals surface area contributed by atoms with Crippen molar-refractivity contribution < 1.29 is 9.53 Å². The Morgan fingerprint density at radius 3 is 2.92 bits per heavy atom. The summed E-state index contributed by atoms with van der Waals surface area (Å²) in [4.78, 5) is 16.3. The van der Waals surface area contributed by atoms with Crippen LogP contribution in [0.4, 0.5) is 4.79 Å². The molecule has 0 aromatic carbocycles. The van der Waals surface area contributed by atoms with Crippen LogP contribution >= 0.6 is 0 Å². The summed E-state index contributed by atoms with van der Waals surface area (Å²) in [6.45, 7) is 6.49. The van der Waals surface area contributed by atoms with Crippen molar-refractivity contribution in [3.05, 3.63) is 18.2 Å². The van der Waals surface area contributed by atoms with E-state index in [0.29, 0.717) is 12.6 Å². The first-order valence-corrected chi connectivity index (χ1v) is 9.29. The van der Waals surface area contributed by atoms with Crippen LogP contribution in [0.15, 0.2) is 12.4 Å². The quantitative estimate of drug-likeness (QED) is 0.718. The van der Waals surface area contributed by atoms with Crippen molar-refractivity contribution in [3.63, 3.8) is 0 Å². The lowest BCUT2D eigenvalue weighted by Crippen LogP contribution is -2.68. The second-order valence-corrected chi connectivity index (χ2v) is 7.09.